The maximum Gasteiger partial charge on any atom is 0.384 e. The van der Waals surface area contributed by atoms with E-state index in [1.54, 1.807) is 0 Å². The van der Waals surface area contributed by atoms with E-state index >= 15 is 0 Å². The fourth-order valence-electron chi connectivity index (χ4n) is 3.28. The van der Waals surface area contributed by atoms with Crippen molar-refractivity contribution >= 4 is 28.2 Å². The lowest BCUT2D eigenvalue weighted by Gasteiger charge is -2.51. The molecule has 0 saturated heterocycles. The van der Waals surface area contributed by atoms with Crippen LogP contribution in [-0.4, -0.2) is 53.3 Å². The van der Waals surface area contributed by atoms with Crippen molar-refractivity contribution in [1.29, 1.82) is 0 Å². The average Bonchev–Trinajstić information content (AvgIpc) is 2.99. The highest BCUT2D eigenvalue weighted by atomic mass is 32.1. The number of halogens is 11. The van der Waals surface area contributed by atoms with E-state index in [9.17, 15) is 57.9 Å². The monoisotopic (exact) mass is 535 g/mol. The molecule has 34 heavy (non-hydrogen) atoms. The van der Waals surface area contributed by atoms with Crippen LogP contribution in [0.1, 0.15) is 41.6 Å². The van der Waals surface area contributed by atoms with Crippen molar-refractivity contribution in [2.75, 3.05) is 5.32 Å². The van der Waals surface area contributed by atoms with Gasteiger partial charge in [0.2, 0.25) is 0 Å². The molecule has 1 aromatic rings. The first kappa shape index (κ1) is 28.1. The van der Waals surface area contributed by atoms with Gasteiger partial charge < -0.3 is 10.1 Å². The van der Waals surface area contributed by atoms with Gasteiger partial charge in [0.25, 0.3) is 5.91 Å². The van der Waals surface area contributed by atoms with Gasteiger partial charge in [0, 0.05) is 4.88 Å². The Morgan fingerprint density at radius 2 is 1.26 bits per heavy atom. The largest absolute Gasteiger partial charge is 0.459 e. The van der Waals surface area contributed by atoms with Gasteiger partial charge in [0.15, 0.2) is 0 Å². The van der Waals surface area contributed by atoms with Crippen LogP contribution in [-0.2, 0) is 16.0 Å². The Morgan fingerprint density at radius 1 is 0.853 bits per heavy atom. The van der Waals surface area contributed by atoms with Crippen molar-refractivity contribution in [1.82, 2.24) is 0 Å². The second kappa shape index (κ2) is 7.95. The molecule has 1 N–H and O–H groups in total. The Bertz CT molecular complexity index is 974. The van der Waals surface area contributed by atoms with Crippen LogP contribution < -0.4 is 5.32 Å². The van der Waals surface area contributed by atoms with Crippen LogP contribution in [0.3, 0.4) is 0 Å². The maximum absolute atomic E-state index is 15.0. The van der Waals surface area contributed by atoms with E-state index in [-0.39, 0.29) is 16.9 Å². The molecule has 1 aromatic heterocycles. The number of carbonyl (C=O) groups excluding carboxylic acids is 2. The van der Waals surface area contributed by atoms with Gasteiger partial charge in [0.05, 0.1) is 11.7 Å². The molecule has 194 valence electrons. The number of hydrogen-bond acceptors (Lipinski definition) is 4. The van der Waals surface area contributed by atoms with Gasteiger partial charge >= 0.3 is 41.3 Å². The second-order valence-corrected chi connectivity index (χ2v) is 8.86. The summed E-state index contributed by atoms with van der Waals surface area (Å²) in [5.74, 6) is -41.7. The summed E-state index contributed by atoms with van der Waals surface area (Å²) >= 11 is 0.299. The number of aryl methyl sites for hydroxylation is 1. The molecule has 4 nitrogen and oxygen atoms in total. The molecule has 16 heteroatoms. The van der Waals surface area contributed by atoms with Gasteiger partial charge in [-0.1, -0.05) is 6.92 Å². The number of amides is 1. The smallest absolute Gasteiger partial charge is 0.384 e. The fraction of sp³-hybridized carbons (Fsp3) is 0.667. The van der Waals surface area contributed by atoms with E-state index in [0.29, 0.717) is 11.3 Å². The molecule has 0 bridgehead atoms. The van der Waals surface area contributed by atoms with E-state index in [2.05, 4.69) is 0 Å². The van der Waals surface area contributed by atoms with Crippen LogP contribution in [0.15, 0.2) is 0 Å². The Labute approximate surface area is 188 Å². The molecule has 0 radical (unpaired) electrons. The average molecular weight is 535 g/mol. The Morgan fingerprint density at radius 3 is 1.65 bits per heavy atom. The number of thiophene rings is 1. The topological polar surface area (TPSA) is 55.4 Å². The summed E-state index contributed by atoms with van der Waals surface area (Å²) in [7, 11) is 0. The van der Waals surface area contributed by atoms with E-state index in [1.807, 2.05) is 0 Å². The highest BCUT2D eigenvalue weighted by molar-refractivity contribution is 7.16. The van der Waals surface area contributed by atoms with Crippen LogP contribution in [0, 0.1) is 6.92 Å². The first-order chi connectivity index (χ1) is 15.1. The third-order valence-corrected chi connectivity index (χ3v) is 6.15. The molecule has 1 heterocycles. The third kappa shape index (κ3) is 3.22. The second-order valence-electron chi connectivity index (χ2n) is 7.63. The molecule has 1 fully saturated rings. The molecule has 1 aliphatic rings. The summed E-state index contributed by atoms with van der Waals surface area (Å²) in [4.78, 5) is 24.7. The molecular formula is C18H16F11NO3S. The minimum Gasteiger partial charge on any atom is -0.459 e. The summed E-state index contributed by atoms with van der Waals surface area (Å²) in [6.07, 6.45) is -0.837. The summed E-state index contributed by atoms with van der Waals surface area (Å²) in [5.41, 5.74) is -7.48. The lowest BCUT2D eigenvalue weighted by Crippen LogP contribution is -2.86. The van der Waals surface area contributed by atoms with Crippen molar-refractivity contribution in [2.45, 2.75) is 75.5 Å². The minimum absolute atomic E-state index is 0.0177. The minimum atomic E-state index is -7.44. The third-order valence-electron chi connectivity index (χ3n) is 5.09. The van der Waals surface area contributed by atoms with E-state index in [0.717, 1.165) is 5.32 Å². The Hall–Kier alpha value is -2.13. The Balaban J connectivity index is 2.72. The zero-order chi connectivity index (χ0) is 26.9. The van der Waals surface area contributed by atoms with Gasteiger partial charge in [-0.3, -0.25) is 4.79 Å². The fourth-order valence-corrected chi connectivity index (χ4v) is 4.41. The summed E-state index contributed by atoms with van der Waals surface area (Å²) in [6.45, 7) is 5.43. The van der Waals surface area contributed by atoms with Crippen molar-refractivity contribution in [3.63, 3.8) is 0 Å². The van der Waals surface area contributed by atoms with Crippen LogP contribution >= 0.6 is 11.3 Å². The molecule has 2 rings (SSSR count). The highest BCUT2D eigenvalue weighted by Crippen LogP contribution is 2.69. The molecule has 1 amide bonds. The number of anilines is 1. The predicted molar refractivity (Wildman–Crippen MR) is 96.2 cm³/mol. The maximum atomic E-state index is 15.0. The van der Waals surface area contributed by atoms with Crippen LogP contribution in [0.5, 0.6) is 0 Å². The number of hydrogen-bond donors (Lipinski definition) is 1. The van der Waals surface area contributed by atoms with Crippen LogP contribution in [0.4, 0.5) is 53.3 Å². The summed E-state index contributed by atoms with van der Waals surface area (Å²) < 4.78 is 158. The molecule has 1 saturated carbocycles. The molecule has 0 unspecified atom stereocenters. The summed E-state index contributed by atoms with van der Waals surface area (Å²) in [6, 6.07) is 0. The number of ether oxygens (including phenoxy) is 1. The molecule has 0 spiro atoms. The van der Waals surface area contributed by atoms with Crippen molar-refractivity contribution < 1.29 is 62.6 Å². The van der Waals surface area contributed by atoms with E-state index in [1.165, 1.54) is 27.7 Å². The highest BCUT2D eigenvalue weighted by Gasteiger charge is 3.02. The SMILES string of the molecule is CCc1c(C)sc(NC(=O)C2(F)C(F)(F)C(F)(F)C(F)(F)C(F)(F)C2(F)F)c1C(=O)OC(C)C. The normalized spacial score (nSPS) is 23.4. The van der Waals surface area contributed by atoms with E-state index in [4.69, 9.17) is 4.74 Å². The molecule has 1 aliphatic carbocycles. The van der Waals surface area contributed by atoms with Gasteiger partial charge in [-0.15, -0.1) is 11.3 Å². The van der Waals surface area contributed by atoms with Gasteiger partial charge in [-0.05, 0) is 32.8 Å². The molecule has 0 atom stereocenters. The lowest BCUT2D eigenvalue weighted by atomic mass is 9.71. The standard InChI is InChI=1S/C18H16F11NO3S/c1-5-8-7(4)34-10(9(8)11(31)33-6(2)3)30-12(32)13(19)14(20,21)16(24,25)18(28,29)17(26,27)15(13,22)23/h6H,5H2,1-4H3,(H,30,32). The summed E-state index contributed by atoms with van der Waals surface area (Å²) in [5, 5.41) is 0.0423. The Kier molecular flexibility index (Phi) is 6.57. The van der Waals surface area contributed by atoms with Gasteiger partial charge in [0.1, 0.15) is 5.00 Å². The van der Waals surface area contributed by atoms with Crippen molar-refractivity contribution in [2.24, 2.45) is 0 Å². The number of nitrogens with one attached hydrogen (secondary N) is 1. The molecule has 0 aliphatic heterocycles. The molecular weight excluding hydrogens is 519 g/mol. The predicted octanol–water partition coefficient (Wildman–Crippen LogP) is 6.02. The number of esters is 1. The molecule has 0 aromatic carbocycles. The first-order valence-electron chi connectivity index (χ1n) is 9.30. The van der Waals surface area contributed by atoms with Gasteiger partial charge in [-0.2, -0.15) is 43.9 Å². The van der Waals surface area contributed by atoms with Crippen molar-refractivity contribution in [3.05, 3.63) is 16.0 Å². The number of rotatable bonds is 5. The quantitative estimate of drug-likeness (QED) is 0.371. The van der Waals surface area contributed by atoms with Crippen LogP contribution in [0.25, 0.3) is 0 Å². The number of carbonyl (C=O) groups is 2. The zero-order valence-electron chi connectivity index (χ0n) is 17.6. The zero-order valence-corrected chi connectivity index (χ0v) is 18.4. The van der Waals surface area contributed by atoms with Crippen LogP contribution in [0.2, 0.25) is 0 Å². The van der Waals surface area contributed by atoms with E-state index < -0.39 is 63.8 Å². The number of alkyl halides is 11. The van der Waals surface area contributed by atoms with Crippen molar-refractivity contribution in [3.8, 4) is 0 Å². The van der Waals surface area contributed by atoms with Gasteiger partial charge in [-0.25, -0.2) is 9.18 Å². The lowest BCUT2D eigenvalue weighted by molar-refractivity contribution is -0.475. The first-order valence-corrected chi connectivity index (χ1v) is 10.1.